The molecule has 0 radical (unpaired) electrons. The lowest BCUT2D eigenvalue weighted by Gasteiger charge is -2.35. The summed E-state index contributed by atoms with van der Waals surface area (Å²) in [5, 5.41) is 4.92. The Labute approximate surface area is 237 Å². The number of amides is 3. The van der Waals surface area contributed by atoms with Crippen molar-refractivity contribution >= 4 is 40.9 Å². The fourth-order valence-electron chi connectivity index (χ4n) is 4.75. The third kappa shape index (κ3) is 7.10. The maximum absolute atomic E-state index is 13.8. The maximum atomic E-state index is 13.8. The van der Waals surface area contributed by atoms with Gasteiger partial charge in [-0.25, -0.2) is 14.2 Å². The Bertz CT molecular complexity index is 1370. The molecule has 3 aromatic rings. The number of urea groups is 1. The number of aromatic nitrogens is 2. The Morgan fingerprint density at radius 1 is 0.976 bits per heavy atom. The first-order valence-corrected chi connectivity index (χ1v) is 14.1. The maximum Gasteiger partial charge on any atom is 0.437 e. The molecule has 2 aromatic heterocycles. The molecule has 1 saturated heterocycles. The minimum atomic E-state index is -4.85. The van der Waals surface area contributed by atoms with E-state index in [1.165, 1.54) is 30.5 Å². The molecule has 1 aliphatic carbocycles. The van der Waals surface area contributed by atoms with Crippen molar-refractivity contribution in [2.75, 3.05) is 41.7 Å². The van der Waals surface area contributed by atoms with Gasteiger partial charge in [0.05, 0.1) is 17.6 Å². The van der Waals surface area contributed by atoms with Gasteiger partial charge in [0.2, 0.25) is 5.76 Å². The van der Waals surface area contributed by atoms with E-state index in [-0.39, 0.29) is 21.8 Å². The van der Waals surface area contributed by atoms with Crippen molar-refractivity contribution in [2.45, 2.75) is 48.8 Å². The average molecular weight is 593 g/mol. The molecule has 3 heterocycles. The third-order valence-corrected chi connectivity index (χ3v) is 8.10. The summed E-state index contributed by atoms with van der Waals surface area (Å²) in [5.74, 6) is -1.90. The SMILES string of the molecule is O=C(Nc1ccc(N2CCN(C(=O)Nc3ccccc3F)CC2)nc1)c1oc(SC2CCCCC2)nc1C(F)(F)F. The summed E-state index contributed by atoms with van der Waals surface area (Å²) in [5.41, 5.74) is -1.06. The van der Waals surface area contributed by atoms with E-state index in [9.17, 15) is 27.2 Å². The number of benzene rings is 1. The summed E-state index contributed by atoms with van der Waals surface area (Å²) in [6, 6.07) is 8.65. The highest BCUT2D eigenvalue weighted by Crippen LogP contribution is 2.38. The highest BCUT2D eigenvalue weighted by atomic mass is 32.2. The van der Waals surface area contributed by atoms with Gasteiger partial charge in [0.15, 0.2) is 5.69 Å². The number of thioether (sulfide) groups is 1. The average Bonchev–Trinajstić information content (AvgIpc) is 3.40. The Hall–Kier alpha value is -3.81. The van der Waals surface area contributed by atoms with E-state index in [2.05, 4.69) is 20.6 Å². The number of rotatable bonds is 6. The van der Waals surface area contributed by atoms with Crippen LogP contribution in [0.25, 0.3) is 0 Å². The van der Waals surface area contributed by atoms with Crippen molar-refractivity contribution in [3.63, 3.8) is 0 Å². The van der Waals surface area contributed by atoms with Gasteiger partial charge in [0.25, 0.3) is 11.1 Å². The van der Waals surface area contributed by atoms with Gasteiger partial charge in [0, 0.05) is 31.4 Å². The fraction of sp³-hybridized carbons (Fsp3) is 0.407. The van der Waals surface area contributed by atoms with Crippen LogP contribution in [0.2, 0.25) is 0 Å². The van der Waals surface area contributed by atoms with Crippen LogP contribution in [-0.4, -0.2) is 58.2 Å². The molecule has 0 spiro atoms. The fourth-order valence-corrected chi connectivity index (χ4v) is 5.88. The standard InChI is InChI=1S/C27H28F4N6O3S/c28-19-8-4-5-9-20(19)34-25(39)37-14-12-36(13-15-37)21-11-10-17(16-32-21)33-24(38)22-23(27(29,30)31)35-26(40-22)41-18-6-2-1-3-7-18/h4-5,8-11,16,18H,1-3,6-7,12-15H2,(H,33,38)(H,34,39). The Balaban J connectivity index is 1.18. The number of hydrogen-bond donors (Lipinski definition) is 2. The molecule has 218 valence electrons. The zero-order valence-electron chi connectivity index (χ0n) is 21.9. The third-order valence-electron chi connectivity index (χ3n) is 6.91. The number of para-hydroxylation sites is 1. The minimum absolute atomic E-state index is 0.103. The zero-order valence-corrected chi connectivity index (χ0v) is 22.7. The first-order valence-electron chi connectivity index (χ1n) is 13.2. The van der Waals surface area contributed by atoms with Crippen LogP contribution in [-0.2, 0) is 6.18 Å². The van der Waals surface area contributed by atoms with Crippen molar-refractivity contribution < 1.29 is 31.6 Å². The molecular formula is C27H28F4N6O3S. The van der Waals surface area contributed by atoms with E-state index in [1.54, 1.807) is 17.0 Å². The molecule has 41 heavy (non-hydrogen) atoms. The molecule has 1 aromatic carbocycles. The van der Waals surface area contributed by atoms with Crippen LogP contribution < -0.4 is 15.5 Å². The van der Waals surface area contributed by atoms with Crippen LogP contribution in [0.1, 0.15) is 48.4 Å². The van der Waals surface area contributed by atoms with E-state index in [0.29, 0.717) is 32.0 Å². The molecule has 5 rings (SSSR count). The van der Waals surface area contributed by atoms with Crippen LogP contribution in [0.15, 0.2) is 52.2 Å². The van der Waals surface area contributed by atoms with Crippen molar-refractivity contribution in [3.8, 4) is 0 Å². The zero-order chi connectivity index (χ0) is 29.0. The first kappa shape index (κ1) is 28.7. The predicted molar refractivity (Wildman–Crippen MR) is 146 cm³/mol. The lowest BCUT2D eigenvalue weighted by Crippen LogP contribution is -2.50. The Morgan fingerprint density at radius 2 is 1.71 bits per heavy atom. The van der Waals surface area contributed by atoms with Crippen LogP contribution in [0.3, 0.4) is 0 Å². The van der Waals surface area contributed by atoms with Gasteiger partial charge in [-0.15, -0.1) is 0 Å². The van der Waals surface area contributed by atoms with Gasteiger partial charge in [-0.05, 0) is 37.1 Å². The second kappa shape index (κ2) is 12.4. The Morgan fingerprint density at radius 3 is 2.37 bits per heavy atom. The van der Waals surface area contributed by atoms with Crippen molar-refractivity contribution in [1.82, 2.24) is 14.9 Å². The van der Waals surface area contributed by atoms with Crippen LogP contribution in [0, 0.1) is 5.82 Å². The van der Waals surface area contributed by atoms with Gasteiger partial charge >= 0.3 is 12.2 Å². The smallest absolute Gasteiger partial charge is 0.425 e. The van der Waals surface area contributed by atoms with Gasteiger partial charge in [-0.3, -0.25) is 4.79 Å². The summed E-state index contributed by atoms with van der Waals surface area (Å²) in [6.07, 6.45) is 1.32. The van der Waals surface area contributed by atoms with Gasteiger partial charge in [-0.2, -0.15) is 18.2 Å². The number of nitrogens with one attached hydrogen (secondary N) is 2. The number of carbonyl (C=O) groups is 2. The largest absolute Gasteiger partial charge is 0.437 e. The molecule has 2 fully saturated rings. The topological polar surface area (TPSA) is 104 Å². The molecular weight excluding hydrogens is 564 g/mol. The molecule has 0 atom stereocenters. The molecule has 14 heteroatoms. The van der Waals surface area contributed by atoms with E-state index < -0.39 is 35.4 Å². The predicted octanol–water partition coefficient (Wildman–Crippen LogP) is 6.26. The van der Waals surface area contributed by atoms with Crippen molar-refractivity contribution in [1.29, 1.82) is 0 Å². The van der Waals surface area contributed by atoms with Gasteiger partial charge in [-0.1, -0.05) is 43.2 Å². The highest BCUT2D eigenvalue weighted by Gasteiger charge is 2.41. The first-order chi connectivity index (χ1) is 19.7. The second-order valence-corrected chi connectivity index (χ2v) is 11.0. The minimum Gasteiger partial charge on any atom is -0.425 e. The number of alkyl halides is 3. The van der Waals surface area contributed by atoms with Crippen LogP contribution in [0.5, 0.6) is 0 Å². The molecule has 2 aliphatic rings. The summed E-state index contributed by atoms with van der Waals surface area (Å²) in [7, 11) is 0. The van der Waals surface area contributed by atoms with Gasteiger partial charge in [0.1, 0.15) is 11.6 Å². The normalized spacial score (nSPS) is 16.5. The van der Waals surface area contributed by atoms with Crippen molar-refractivity contribution in [3.05, 3.63) is 59.9 Å². The van der Waals surface area contributed by atoms with Crippen LogP contribution in [0.4, 0.5) is 39.5 Å². The molecule has 0 bridgehead atoms. The van der Waals surface area contributed by atoms with Crippen LogP contribution >= 0.6 is 11.8 Å². The van der Waals surface area contributed by atoms with Crippen molar-refractivity contribution in [2.24, 2.45) is 0 Å². The number of hydrogen-bond acceptors (Lipinski definition) is 7. The van der Waals surface area contributed by atoms with Gasteiger partial charge < -0.3 is 24.9 Å². The monoisotopic (exact) mass is 592 g/mol. The molecule has 1 aliphatic heterocycles. The summed E-state index contributed by atoms with van der Waals surface area (Å²) >= 11 is 1.14. The second-order valence-electron chi connectivity index (χ2n) is 9.78. The Kier molecular flexibility index (Phi) is 8.66. The van der Waals surface area contributed by atoms with E-state index >= 15 is 0 Å². The molecule has 2 N–H and O–H groups in total. The molecule has 0 unspecified atom stereocenters. The highest BCUT2D eigenvalue weighted by molar-refractivity contribution is 7.99. The number of piperazine rings is 1. The number of anilines is 3. The molecule has 3 amide bonds. The number of pyridine rings is 1. The summed E-state index contributed by atoms with van der Waals surface area (Å²) < 4.78 is 60.0. The quantitative estimate of drug-likeness (QED) is 0.326. The van der Waals surface area contributed by atoms with E-state index in [0.717, 1.165) is 43.9 Å². The number of nitrogens with zero attached hydrogens (tertiary/aromatic N) is 4. The lowest BCUT2D eigenvalue weighted by atomic mass is 10.0. The summed E-state index contributed by atoms with van der Waals surface area (Å²) in [6.45, 7) is 1.65. The van der Waals surface area contributed by atoms with E-state index in [4.69, 9.17) is 4.42 Å². The number of carbonyl (C=O) groups excluding carboxylic acids is 2. The molecule has 9 nitrogen and oxygen atoms in total. The number of oxazole rings is 1. The molecule has 1 saturated carbocycles. The lowest BCUT2D eigenvalue weighted by molar-refractivity contribution is -0.141. The van der Waals surface area contributed by atoms with E-state index in [1.807, 2.05) is 4.90 Å². The number of halogens is 4. The summed E-state index contributed by atoms with van der Waals surface area (Å²) in [4.78, 5) is 36.7.